The van der Waals surface area contributed by atoms with Crippen LogP contribution in [0.2, 0.25) is 0 Å². The lowest BCUT2D eigenvalue weighted by Gasteiger charge is -2.09. The Bertz CT molecular complexity index is 211. The molecule has 0 aromatic heterocycles. The van der Waals surface area contributed by atoms with Gasteiger partial charge in [-0.15, -0.1) is 5.06 Å². The van der Waals surface area contributed by atoms with Crippen LogP contribution in [-0.4, -0.2) is 22.8 Å². The lowest BCUT2D eigenvalue weighted by molar-refractivity contribution is -0.195. The van der Waals surface area contributed by atoms with Crippen molar-refractivity contribution in [1.82, 2.24) is 5.06 Å². The molecule has 1 aliphatic rings. The normalized spacial score (nSPS) is 10.6. The van der Waals surface area contributed by atoms with Crippen LogP contribution in [0.15, 0.2) is 0 Å². The van der Waals surface area contributed by atoms with Gasteiger partial charge in [-0.3, -0.25) is 9.59 Å². The molecule has 5 heteroatoms. The van der Waals surface area contributed by atoms with E-state index in [0.29, 0.717) is 5.06 Å². The van der Waals surface area contributed by atoms with Crippen molar-refractivity contribution in [3.05, 3.63) is 0 Å². The van der Waals surface area contributed by atoms with Crippen molar-refractivity contribution < 1.29 is 19.2 Å². The van der Waals surface area contributed by atoms with E-state index in [4.69, 9.17) is 0 Å². The van der Waals surface area contributed by atoms with Crippen molar-refractivity contribution in [2.75, 3.05) is 0 Å². The Balaban J connectivity index is -0.0000000346. The number of imide groups is 1. The molecule has 0 bridgehead atoms. The molecular formula is C13H35NO4. The molecule has 1 fully saturated rings. The number of nitrogens with zero attached hydrogens (tertiary/aromatic N) is 1. The maximum absolute atomic E-state index is 10.7. The van der Waals surface area contributed by atoms with Crippen LogP contribution in [0.4, 0.5) is 0 Å². The first-order valence-electron chi connectivity index (χ1n) is 3.15. The standard InChI is InChI=1S/C6H7NO4.7CH4/c1-4(8)11-7-5(9)2-3-6(7)10;;;;;;;/h2-3H2,1H3;7*1H4. The monoisotopic (exact) mass is 269 g/mol. The number of carbonyl (C=O) groups excluding carboxylic acids is 3. The summed E-state index contributed by atoms with van der Waals surface area (Å²) in [5, 5.41) is 0.516. The average molecular weight is 269 g/mol. The predicted octanol–water partition coefficient (Wildman–Crippen LogP) is 4.07. The molecule has 0 radical (unpaired) electrons. The van der Waals surface area contributed by atoms with E-state index in [0.717, 1.165) is 6.92 Å². The molecule has 0 aliphatic carbocycles. The van der Waals surface area contributed by atoms with Gasteiger partial charge < -0.3 is 4.84 Å². The van der Waals surface area contributed by atoms with E-state index in [1.807, 2.05) is 0 Å². The summed E-state index contributed by atoms with van der Waals surface area (Å²) in [5.74, 6) is -1.57. The number of hydroxylamine groups is 2. The fourth-order valence-electron chi connectivity index (χ4n) is 0.786. The molecule has 1 heterocycles. The second kappa shape index (κ2) is 18.0. The van der Waals surface area contributed by atoms with Gasteiger partial charge in [0.05, 0.1) is 0 Å². The lowest BCUT2D eigenvalue weighted by Crippen LogP contribution is -2.30. The predicted molar refractivity (Wildman–Crippen MR) is 80.0 cm³/mol. The lowest BCUT2D eigenvalue weighted by atomic mass is 10.4. The first kappa shape index (κ1) is 43.8. The molecule has 1 rings (SSSR count). The molecule has 18 heavy (non-hydrogen) atoms. The Labute approximate surface area is 114 Å². The van der Waals surface area contributed by atoms with Crippen LogP contribution < -0.4 is 0 Å². The topological polar surface area (TPSA) is 63.7 Å². The van der Waals surface area contributed by atoms with Crippen LogP contribution in [0.3, 0.4) is 0 Å². The molecule has 0 aromatic rings. The van der Waals surface area contributed by atoms with Crippen LogP contribution in [0.25, 0.3) is 0 Å². The third-order valence-electron chi connectivity index (χ3n) is 1.23. The summed E-state index contributed by atoms with van der Waals surface area (Å²) in [6.07, 6.45) is 0.262. The number of hydrogen-bond donors (Lipinski definition) is 0. The van der Waals surface area contributed by atoms with E-state index >= 15 is 0 Å². The molecular weight excluding hydrogens is 234 g/mol. The third-order valence-corrected chi connectivity index (χ3v) is 1.23. The summed E-state index contributed by atoms with van der Waals surface area (Å²) in [6, 6.07) is 0. The summed E-state index contributed by atoms with van der Waals surface area (Å²) in [6.45, 7) is 1.14. The smallest absolute Gasteiger partial charge is 0.330 e. The molecule has 0 spiro atoms. The number of carbonyl (C=O) groups is 3. The van der Waals surface area contributed by atoms with Crippen molar-refractivity contribution in [3.63, 3.8) is 0 Å². The van der Waals surface area contributed by atoms with Crippen molar-refractivity contribution in [1.29, 1.82) is 0 Å². The Hall–Kier alpha value is -1.39. The molecule has 1 aliphatic heterocycles. The van der Waals surface area contributed by atoms with Gasteiger partial charge in [0.15, 0.2) is 0 Å². The van der Waals surface area contributed by atoms with Crippen LogP contribution in [0.5, 0.6) is 0 Å². The van der Waals surface area contributed by atoms with Crippen LogP contribution >= 0.6 is 0 Å². The van der Waals surface area contributed by atoms with E-state index < -0.39 is 17.8 Å². The zero-order valence-corrected chi connectivity index (χ0v) is 5.99. The van der Waals surface area contributed by atoms with E-state index in [1.165, 1.54) is 0 Å². The van der Waals surface area contributed by atoms with E-state index in [-0.39, 0.29) is 64.8 Å². The van der Waals surface area contributed by atoms with Crippen LogP contribution in [-0.2, 0) is 19.2 Å². The summed E-state index contributed by atoms with van der Waals surface area (Å²) in [5.41, 5.74) is 0. The van der Waals surface area contributed by atoms with Crippen molar-refractivity contribution in [3.8, 4) is 0 Å². The van der Waals surface area contributed by atoms with E-state index in [2.05, 4.69) is 4.84 Å². The van der Waals surface area contributed by atoms with Gasteiger partial charge in [0.1, 0.15) is 0 Å². The first-order valence-corrected chi connectivity index (χ1v) is 3.15. The van der Waals surface area contributed by atoms with Crippen molar-refractivity contribution in [2.45, 2.75) is 71.8 Å². The minimum atomic E-state index is -0.659. The maximum Gasteiger partial charge on any atom is 0.330 e. The second-order valence-corrected chi connectivity index (χ2v) is 2.16. The molecule has 0 unspecified atom stereocenters. The van der Waals surface area contributed by atoms with Crippen molar-refractivity contribution in [2.24, 2.45) is 0 Å². The first-order chi connectivity index (χ1) is 5.11. The average Bonchev–Trinajstić information content (AvgIpc) is 2.18. The van der Waals surface area contributed by atoms with Crippen molar-refractivity contribution >= 4 is 17.8 Å². The quantitative estimate of drug-likeness (QED) is 0.673. The minimum Gasteiger partial charge on any atom is -0.331 e. The number of rotatable bonds is 1. The maximum atomic E-state index is 10.7. The molecule has 2 amide bonds. The highest BCUT2D eigenvalue weighted by molar-refractivity contribution is 6.01. The summed E-state index contributed by atoms with van der Waals surface area (Å²) in [7, 11) is 0. The third kappa shape index (κ3) is 11.1. The van der Waals surface area contributed by atoms with Gasteiger partial charge in [-0.2, -0.15) is 0 Å². The Morgan fingerprint density at radius 3 is 1.39 bits per heavy atom. The summed E-state index contributed by atoms with van der Waals surface area (Å²) in [4.78, 5) is 36.1. The molecule has 0 N–H and O–H groups in total. The Morgan fingerprint density at radius 1 is 0.889 bits per heavy atom. The fourth-order valence-corrected chi connectivity index (χ4v) is 0.786. The second-order valence-electron chi connectivity index (χ2n) is 2.16. The molecule has 5 nitrogen and oxygen atoms in total. The number of amides is 2. The largest absolute Gasteiger partial charge is 0.331 e. The minimum absolute atomic E-state index is 0. The van der Waals surface area contributed by atoms with Crippen LogP contribution in [0.1, 0.15) is 71.8 Å². The summed E-state index contributed by atoms with van der Waals surface area (Å²) < 4.78 is 0. The molecule has 1 saturated heterocycles. The Morgan fingerprint density at radius 2 is 1.17 bits per heavy atom. The Kier molecular flexibility index (Phi) is 43.8. The van der Waals surface area contributed by atoms with Crippen LogP contribution in [0, 0.1) is 0 Å². The molecule has 0 saturated carbocycles. The van der Waals surface area contributed by atoms with Gasteiger partial charge in [-0.25, -0.2) is 4.79 Å². The SMILES string of the molecule is C.C.C.C.C.C.C.CC(=O)ON1C(=O)CCC1=O. The molecule has 0 atom stereocenters. The van der Waals surface area contributed by atoms with Gasteiger partial charge in [-0.05, 0) is 0 Å². The highest BCUT2D eigenvalue weighted by Crippen LogP contribution is 2.11. The van der Waals surface area contributed by atoms with Gasteiger partial charge in [0, 0.05) is 19.8 Å². The zero-order chi connectivity index (χ0) is 8.43. The van der Waals surface area contributed by atoms with Gasteiger partial charge in [0.2, 0.25) is 0 Å². The zero-order valence-electron chi connectivity index (χ0n) is 5.99. The van der Waals surface area contributed by atoms with E-state index in [1.54, 1.807) is 0 Å². The highest BCUT2D eigenvalue weighted by atomic mass is 16.7. The van der Waals surface area contributed by atoms with Gasteiger partial charge in [0.25, 0.3) is 11.8 Å². The summed E-state index contributed by atoms with van der Waals surface area (Å²) >= 11 is 0. The fraction of sp³-hybridized carbons (Fsp3) is 0.769. The van der Waals surface area contributed by atoms with E-state index in [9.17, 15) is 14.4 Å². The highest BCUT2D eigenvalue weighted by Gasteiger charge is 2.31. The molecule has 116 valence electrons. The van der Waals surface area contributed by atoms with Gasteiger partial charge in [-0.1, -0.05) is 52.0 Å². The van der Waals surface area contributed by atoms with Gasteiger partial charge >= 0.3 is 5.97 Å². The number of hydrogen-bond acceptors (Lipinski definition) is 4. The molecule has 0 aromatic carbocycles.